The number of fused-ring (bicyclic) bond motifs is 1. The summed E-state index contributed by atoms with van der Waals surface area (Å²) in [4.78, 5) is 15.3. The average Bonchev–Trinajstić information content (AvgIpc) is 3.06. The number of ether oxygens (including phenoxy) is 1. The number of amides is 1. The van der Waals surface area contributed by atoms with Crippen LogP contribution in [0.15, 0.2) is 48.5 Å². The van der Waals surface area contributed by atoms with Crippen LogP contribution in [0.4, 0.5) is 4.39 Å². The zero-order valence-electron chi connectivity index (χ0n) is 15.5. The molecule has 1 heterocycles. The largest absolute Gasteiger partial charge is 0.379 e. The number of morpholine rings is 1. The quantitative estimate of drug-likeness (QED) is 0.902. The van der Waals surface area contributed by atoms with E-state index in [4.69, 9.17) is 4.74 Å². The Kier molecular flexibility index (Phi) is 5.23. The van der Waals surface area contributed by atoms with E-state index in [0.717, 1.165) is 38.3 Å². The first-order chi connectivity index (χ1) is 13.1. The highest BCUT2D eigenvalue weighted by Gasteiger charge is 2.38. The van der Waals surface area contributed by atoms with Gasteiger partial charge < -0.3 is 10.1 Å². The molecule has 1 N–H and O–H groups in total. The van der Waals surface area contributed by atoms with Crippen molar-refractivity contribution in [3.8, 4) is 0 Å². The maximum Gasteiger partial charge on any atom is 0.227 e. The monoisotopic (exact) mass is 368 g/mol. The molecule has 4 nitrogen and oxygen atoms in total. The Hall–Kier alpha value is -2.24. The number of rotatable bonds is 4. The lowest BCUT2D eigenvalue weighted by molar-refractivity contribution is -0.123. The number of hydrogen-bond donors (Lipinski definition) is 1. The van der Waals surface area contributed by atoms with E-state index in [9.17, 15) is 9.18 Å². The number of hydrogen-bond acceptors (Lipinski definition) is 3. The Balaban J connectivity index is 1.53. The molecule has 0 bridgehead atoms. The lowest BCUT2D eigenvalue weighted by atomic mass is 9.98. The Morgan fingerprint density at radius 3 is 2.59 bits per heavy atom. The van der Waals surface area contributed by atoms with E-state index in [0.29, 0.717) is 0 Å². The number of carbonyl (C=O) groups excluding carboxylic acids is 1. The van der Waals surface area contributed by atoms with E-state index >= 15 is 0 Å². The van der Waals surface area contributed by atoms with Crippen molar-refractivity contribution < 1.29 is 13.9 Å². The molecule has 1 amide bonds. The Labute approximate surface area is 159 Å². The molecule has 4 rings (SSSR count). The van der Waals surface area contributed by atoms with Gasteiger partial charge in [-0.3, -0.25) is 9.69 Å². The molecule has 1 saturated heterocycles. The minimum atomic E-state index is -0.320. The first-order valence-corrected chi connectivity index (χ1v) is 9.59. The normalized spacial score (nSPS) is 23.6. The van der Waals surface area contributed by atoms with Gasteiger partial charge in [-0.15, -0.1) is 0 Å². The summed E-state index contributed by atoms with van der Waals surface area (Å²) in [5.41, 5.74) is 3.43. The van der Waals surface area contributed by atoms with Crippen LogP contribution in [0.1, 0.15) is 35.6 Å². The number of carbonyl (C=O) groups is 1. The third-order valence-electron chi connectivity index (χ3n) is 5.72. The van der Waals surface area contributed by atoms with E-state index in [1.807, 2.05) is 6.92 Å². The molecule has 0 spiro atoms. The summed E-state index contributed by atoms with van der Waals surface area (Å²) >= 11 is 0. The summed E-state index contributed by atoms with van der Waals surface area (Å²) in [6.45, 7) is 5.07. The second-order valence-corrected chi connectivity index (χ2v) is 7.38. The van der Waals surface area contributed by atoms with Crippen molar-refractivity contribution in [3.63, 3.8) is 0 Å². The number of benzene rings is 2. The van der Waals surface area contributed by atoms with Crippen LogP contribution in [0.2, 0.25) is 0 Å². The summed E-state index contributed by atoms with van der Waals surface area (Å²) < 4.78 is 18.7. The average molecular weight is 368 g/mol. The molecule has 3 unspecified atom stereocenters. The van der Waals surface area contributed by atoms with Crippen molar-refractivity contribution >= 4 is 5.91 Å². The second kappa shape index (κ2) is 7.79. The van der Waals surface area contributed by atoms with Crippen molar-refractivity contribution in [2.24, 2.45) is 0 Å². The molecule has 5 heteroatoms. The molecule has 27 heavy (non-hydrogen) atoms. The lowest BCUT2D eigenvalue weighted by Crippen LogP contribution is -2.48. The van der Waals surface area contributed by atoms with Gasteiger partial charge in [0, 0.05) is 13.1 Å². The smallest absolute Gasteiger partial charge is 0.227 e. The molecular formula is C22H25FN2O2. The van der Waals surface area contributed by atoms with Gasteiger partial charge in [0.2, 0.25) is 5.91 Å². The van der Waals surface area contributed by atoms with Crippen LogP contribution in [0.3, 0.4) is 0 Å². The third kappa shape index (κ3) is 3.75. The minimum absolute atomic E-state index is 0.0160. The van der Waals surface area contributed by atoms with Crippen molar-refractivity contribution in [1.82, 2.24) is 10.2 Å². The summed E-state index contributed by atoms with van der Waals surface area (Å²) in [5.74, 6) is -0.623. The van der Waals surface area contributed by atoms with Crippen LogP contribution in [-0.4, -0.2) is 43.2 Å². The Morgan fingerprint density at radius 2 is 1.85 bits per heavy atom. The van der Waals surface area contributed by atoms with Crippen molar-refractivity contribution in [2.45, 2.75) is 31.3 Å². The fraction of sp³-hybridized carbons (Fsp3) is 0.409. The van der Waals surface area contributed by atoms with E-state index in [2.05, 4.69) is 34.5 Å². The molecule has 2 aliphatic rings. The van der Waals surface area contributed by atoms with Crippen LogP contribution >= 0.6 is 0 Å². The molecule has 0 saturated carbocycles. The molecule has 1 aliphatic heterocycles. The molecule has 1 fully saturated rings. The van der Waals surface area contributed by atoms with Gasteiger partial charge in [-0.1, -0.05) is 36.4 Å². The van der Waals surface area contributed by atoms with Crippen molar-refractivity contribution in [1.29, 1.82) is 0 Å². The second-order valence-electron chi connectivity index (χ2n) is 7.38. The SMILES string of the molecule is CC(C(=O)NC1Cc2ccccc2C1N1CCOCC1)c1ccc(F)cc1. The Morgan fingerprint density at radius 1 is 1.15 bits per heavy atom. The minimum Gasteiger partial charge on any atom is -0.379 e. The number of nitrogens with one attached hydrogen (secondary N) is 1. The van der Waals surface area contributed by atoms with Crippen molar-refractivity contribution in [3.05, 3.63) is 71.0 Å². The number of halogens is 1. The Bertz CT molecular complexity index is 802. The zero-order valence-corrected chi connectivity index (χ0v) is 15.5. The van der Waals surface area contributed by atoms with Gasteiger partial charge in [0.15, 0.2) is 0 Å². The molecular weight excluding hydrogens is 343 g/mol. The maximum absolute atomic E-state index is 13.2. The van der Waals surface area contributed by atoms with E-state index in [-0.39, 0.29) is 29.7 Å². The van der Waals surface area contributed by atoms with Crippen LogP contribution in [0.5, 0.6) is 0 Å². The molecule has 142 valence electrons. The molecule has 3 atom stereocenters. The molecule has 2 aromatic rings. The standard InChI is InChI=1S/C22H25FN2O2/c1-15(16-6-8-18(23)9-7-16)22(26)24-20-14-17-4-2-3-5-19(17)21(20)25-10-12-27-13-11-25/h2-9,15,20-21H,10-14H2,1H3,(H,24,26). The van der Waals surface area contributed by atoms with Crippen LogP contribution in [0, 0.1) is 5.82 Å². The predicted molar refractivity (Wildman–Crippen MR) is 102 cm³/mol. The van der Waals surface area contributed by atoms with E-state index in [1.165, 1.54) is 23.3 Å². The molecule has 2 aromatic carbocycles. The van der Waals surface area contributed by atoms with Gasteiger partial charge in [-0.25, -0.2) is 4.39 Å². The zero-order chi connectivity index (χ0) is 18.8. The highest BCUT2D eigenvalue weighted by molar-refractivity contribution is 5.83. The first kappa shape index (κ1) is 18.1. The highest BCUT2D eigenvalue weighted by Crippen LogP contribution is 2.36. The molecule has 1 aliphatic carbocycles. The highest BCUT2D eigenvalue weighted by atomic mass is 19.1. The summed E-state index contributed by atoms with van der Waals surface area (Å²) in [7, 11) is 0. The van der Waals surface area contributed by atoms with Gasteiger partial charge in [0.05, 0.1) is 31.2 Å². The van der Waals surface area contributed by atoms with E-state index in [1.54, 1.807) is 12.1 Å². The van der Waals surface area contributed by atoms with Gasteiger partial charge >= 0.3 is 0 Å². The molecule has 0 aromatic heterocycles. The fourth-order valence-corrected chi connectivity index (χ4v) is 4.22. The van der Waals surface area contributed by atoms with Gasteiger partial charge in [-0.2, -0.15) is 0 Å². The van der Waals surface area contributed by atoms with Crippen molar-refractivity contribution in [2.75, 3.05) is 26.3 Å². The van der Waals surface area contributed by atoms with Gasteiger partial charge in [-0.05, 0) is 42.2 Å². The summed E-state index contributed by atoms with van der Waals surface area (Å²) in [6.07, 6.45) is 0.833. The first-order valence-electron chi connectivity index (χ1n) is 9.59. The number of nitrogens with zero attached hydrogens (tertiary/aromatic N) is 1. The summed E-state index contributed by atoms with van der Waals surface area (Å²) in [5, 5.41) is 3.27. The van der Waals surface area contributed by atoms with E-state index < -0.39 is 0 Å². The van der Waals surface area contributed by atoms with Crippen LogP contribution < -0.4 is 5.32 Å². The van der Waals surface area contributed by atoms with Gasteiger partial charge in [0.25, 0.3) is 0 Å². The predicted octanol–water partition coefficient (Wildman–Crippen LogP) is 3.04. The van der Waals surface area contributed by atoms with Crippen LogP contribution in [0.25, 0.3) is 0 Å². The summed E-state index contributed by atoms with van der Waals surface area (Å²) in [6, 6.07) is 14.8. The maximum atomic E-state index is 13.2. The lowest BCUT2D eigenvalue weighted by Gasteiger charge is -2.36. The van der Waals surface area contributed by atoms with Crippen LogP contribution in [-0.2, 0) is 16.0 Å². The van der Waals surface area contributed by atoms with Gasteiger partial charge in [0.1, 0.15) is 5.82 Å². The molecule has 0 radical (unpaired) electrons. The third-order valence-corrected chi connectivity index (χ3v) is 5.72. The fourth-order valence-electron chi connectivity index (χ4n) is 4.22. The topological polar surface area (TPSA) is 41.6 Å².